The van der Waals surface area contributed by atoms with Crippen molar-refractivity contribution in [2.75, 3.05) is 60.6 Å². The molecule has 69 heavy (non-hydrogen) atoms. The van der Waals surface area contributed by atoms with Crippen molar-refractivity contribution >= 4 is 5.78 Å². The van der Waals surface area contributed by atoms with E-state index in [9.17, 15) is 30.3 Å². The molecule has 6 aliphatic heterocycles. The molecule has 5 N–H and O–H groups in total. The Balaban J connectivity index is 0.000000153. The van der Waals surface area contributed by atoms with Crippen LogP contribution in [0.25, 0.3) is 0 Å². The van der Waals surface area contributed by atoms with Crippen molar-refractivity contribution in [2.45, 2.75) is 149 Å². The van der Waals surface area contributed by atoms with E-state index >= 15 is 0 Å². The van der Waals surface area contributed by atoms with Crippen molar-refractivity contribution in [3.05, 3.63) is 86.5 Å². The van der Waals surface area contributed by atoms with E-state index in [0.29, 0.717) is 41.8 Å². The van der Waals surface area contributed by atoms with Gasteiger partial charge in [0, 0.05) is 86.4 Å². The molecule has 0 aliphatic carbocycles. The van der Waals surface area contributed by atoms with E-state index in [4.69, 9.17) is 14.2 Å². The third-order valence-corrected chi connectivity index (χ3v) is 16.1. The fourth-order valence-corrected chi connectivity index (χ4v) is 12.8. The number of hydrogen-bond donors (Lipinski definition) is 5. The third kappa shape index (κ3) is 12.2. The minimum atomic E-state index is -0.232. The fraction of sp³-hybridized carbons (Fsp3) is 0.667. The molecule has 0 spiro atoms. The number of fused-ring (bicyclic) bond motifs is 9. The van der Waals surface area contributed by atoms with Gasteiger partial charge in [-0.3, -0.25) is 19.5 Å². The Labute approximate surface area is 413 Å². The van der Waals surface area contributed by atoms with Crippen LogP contribution in [0.2, 0.25) is 0 Å². The summed E-state index contributed by atoms with van der Waals surface area (Å²) >= 11 is 0. The molecule has 8 atom stereocenters. The largest absolute Gasteiger partial charge is 0.496 e. The van der Waals surface area contributed by atoms with Crippen LogP contribution < -0.4 is 14.2 Å². The number of rotatable bonds is 12. The molecule has 0 bridgehead atoms. The van der Waals surface area contributed by atoms with Gasteiger partial charge in [-0.05, 0) is 151 Å². The van der Waals surface area contributed by atoms with Gasteiger partial charge < -0.3 is 39.7 Å². The summed E-state index contributed by atoms with van der Waals surface area (Å²) in [5.41, 5.74) is 10.1. The van der Waals surface area contributed by atoms with Gasteiger partial charge in [0.25, 0.3) is 0 Å². The van der Waals surface area contributed by atoms with Gasteiger partial charge in [-0.25, -0.2) is 0 Å². The lowest BCUT2D eigenvalue weighted by atomic mass is 9.79. The lowest BCUT2D eigenvalue weighted by Crippen LogP contribution is -2.48. The third-order valence-electron chi connectivity index (χ3n) is 16.1. The SMILES string of the molecule is COc1cc2c(cc1CO)C1CC(=O)C(CC(C)C)CN1CC2.COc1cc2c(cc1CO)C1CC(O)C(CC(C)C)CN1CC2.COc1cc2c(cc1CO)[C@H]1C[C@H](O)[C@H](CC(C)C)CN1CC2. The highest BCUT2D eigenvalue weighted by atomic mass is 16.5. The zero-order valence-electron chi connectivity index (χ0n) is 43.3. The van der Waals surface area contributed by atoms with Crippen molar-refractivity contribution in [1.82, 2.24) is 14.7 Å². The van der Waals surface area contributed by atoms with E-state index in [0.717, 1.165) is 125 Å². The lowest BCUT2D eigenvalue weighted by Gasteiger charge is -2.46. The number of Topliss-reactive ketones (excluding diaryl/α,β-unsaturated/α-hetero) is 1. The molecule has 3 saturated heterocycles. The predicted octanol–water partition coefficient (Wildman–Crippen LogP) is 7.75. The van der Waals surface area contributed by atoms with E-state index in [1.165, 1.54) is 33.4 Å². The summed E-state index contributed by atoms with van der Waals surface area (Å²) in [4.78, 5) is 20.1. The van der Waals surface area contributed by atoms with Gasteiger partial charge in [0.2, 0.25) is 0 Å². The zero-order valence-corrected chi connectivity index (χ0v) is 43.3. The van der Waals surface area contributed by atoms with Crippen LogP contribution >= 0.6 is 0 Å². The lowest BCUT2D eigenvalue weighted by molar-refractivity contribution is -0.129. The van der Waals surface area contributed by atoms with Gasteiger partial charge in [0.05, 0.1) is 53.4 Å². The second-order valence-corrected chi connectivity index (χ2v) is 22.2. The first-order chi connectivity index (χ1) is 33.1. The van der Waals surface area contributed by atoms with Crippen LogP contribution in [-0.4, -0.2) is 119 Å². The van der Waals surface area contributed by atoms with Crippen LogP contribution in [0.3, 0.4) is 0 Å². The Morgan fingerprint density at radius 3 is 1.20 bits per heavy atom. The summed E-state index contributed by atoms with van der Waals surface area (Å²) in [6.45, 7) is 19.1. The highest BCUT2D eigenvalue weighted by Crippen LogP contribution is 2.45. The van der Waals surface area contributed by atoms with Crippen LogP contribution in [0, 0.1) is 35.5 Å². The van der Waals surface area contributed by atoms with Crippen LogP contribution in [0.1, 0.15) is 148 Å². The molecule has 0 amide bonds. The Hall–Kier alpha value is -3.59. The van der Waals surface area contributed by atoms with Gasteiger partial charge >= 0.3 is 0 Å². The summed E-state index contributed by atoms with van der Waals surface area (Å²) in [5, 5.41) is 50.0. The molecule has 0 aromatic heterocycles. The van der Waals surface area contributed by atoms with E-state index < -0.39 is 0 Å². The molecule has 12 heteroatoms. The minimum absolute atomic E-state index is 0.0122. The van der Waals surface area contributed by atoms with Gasteiger partial charge in [-0.15, -0.1) is 0 Å². The Morgan fingerprint density at radius 1 is 0.522 bits per heavy atom. The monoisotopic (exact) mass is 956 g/mol. The molecule has 6 aliphatic rings. The minimum Gasteiger partial charge on any atom is -0.496 e. The highest BCUT2D eigenvalue weighted by molar-refractivity contribution is 5.83. The molecule has 3 aromatic carbocycles. The number of ketones is 1. The molecule has 6 heterocycles. The number of methoxy groups -OCH3 is 3. The van der Waals surface area contributed by atoms with E-state index in [2.05, 4.69) is 80.5 Å². The Kier molecular flexibility index (Phi) is 18.3. The summed E-state index contributed by atoms with van der Waals surface area (Å²) in [6.07, 6.45) is 7.88. The normalized spacial score (nSPS) is 26.6. The van der Waals surface area contributed by atoms with Crippen molar-refractivity contribution < 1.29 is 44.5 Å². The van der Waals surface area contributed by atoms with Crippen LogP contribution in [0.15, 0.2) is 36.4 Å². The zero-order chi connectivity index (χ0) is 49.7. The van der Waals surface area contributed by atoms with Crippen LogP contribution in [0.5, 0.6) is 17.2 Å². The fourth-order valence-electron chi connectivity index (χ4n) is 12.8. The molecular formula is C57H85N3O9. The van der Waals surface area contributed by atoms with Gasteiger partial charge in [-0.1, -0.05) is 41.5 Å². The van der Waals surface area contributed by atoms with Crippen molar-refractivity contribution in [3.8, 4) is 17.2 Å². The molecule has 0 saturated carbocycles. The number of carbonyl (C=O) groups excluding carboxylic acids is 1. The summed E-state index contributed by atoms with van der Waals surface area (Å²) < 4.78 is 16.2. The highest BCUT2D eigenvalue weighted by Gasteiger charge is 2.41. The number of carbonyl (C=O) groups is 1. The Bertz CT molecular complexity index is 2100. The molecular weight excluding hydrogens is 871 g/mol. The van der Waals surface area contributed by atoms with E-state index in [1.54, 1.807) is 21.3 Å². The number of piperidine rings is 3. The average Bonchev–Trinajstić information content (AvgIpc) is 3.33. The number of hydrogen-bond acceptors (Lipinski definition) is 12. The number of aliphatic hydroxyl groups is 5. The summed E-state index contributed by atoms with van der Waals surface area (Å²) in [5.74, 6) is 5.43. The Morgan fingerprint density at radius 2 is 0.870 bits per heavy atom. The molecule has 12 nitrogen and oxygen atoms in total. The quantitative estimate of drug-likeness (QED) is 0.121. The molecule has 3 aromatic rings. The van der Waals surface area contributed by atoms with Gasteiger partial charge in [-0.2, -0.15) is 0 Å². The van der Waals surface area contributed by atoms with Crippen molar-refractivity contribution in [1.29, 1.82) is 0 Å². The van der Waals surface area contributed by atoms with Crippen molar-refractivity contribution in [3.63, 3.8) is 0 Å². The van der Waals surface area contributed by atoms with E-state index in [-0.39, 0.29) is 56.1 Å². The molecule has 9 rings (SSSR count). The average molecular weight is 956 g/mol. The number of nitrogens with zero attached hydrogens (tertiary/aromatic N) is 3. The van der Waals surface area contributed by atoms with Gasteiger partial charge in [0.15, 0.2) is 0 Å². The smallest absolute Gasteiger partial charge is 0.139 e. The molecule has 5 unspecified atom stereocenters. The van der Waals surface area contributed by atoms with Crippen LogP contribution in [-0.2, 0) is 43.9 Å². The maximum absolute atomic E-state index is 12.6. The topological polar surface area (TPSA) is 156 Å². The number of ether oxygens (including phenoxy) is 3. The summed E-state index contributed by atoms with van der Waals surface area (Å²) in [6, 6.07) is 13.1. The first-order valence-electron chi connectivity index (χ1n) is 26.1. The summed E-state index contributed by atoms with van der Waals surface area (Å²) in [7, 11) is 4.93. The predicted molar refractivity (Wildman–Crippen MR) is 271 cm³/mol. The van der Waals surface area contributed by atoms with E-state index in [1.807, 2.05) is 12.1 Å². The molecule has 3 fully saturated rings. The van der Waals surface area contributed by atoms with Gasteiger partial charge in [0.1, 0.15) is 23.0 Å². The van der Waals surface area contributed by atoms with Crippen LogP contribution in [0.4, 0.5) is 0 Å². The second kappa shape index (κ2) is 23.8. The second-order valence-electron chi connectivity index (χ2n) is 22.2. The standard InChI is InChI=1S/2C19H29NO3.C19H27NO3/c3*1-12(2)6-14-10-20-5-4-13-8-19(23-3)15(11-21)7-16(13)17(20)9-18(14)22/h2*7-8,12,14,17-18,21-22H,4-6,9-11H2,1-3H3;7-8,12,14,17,21H,4-6,9-11H2,1-3H3/t14-,17-,18+;;/m1../s1. The van der Waals surface area contributed by atoms with Crippen molar-refractivity contribution in [2.24, 2.45) is 35.5 Å². The first kappa shape index (κ1) is 53.2. The number of aliphatic hydroxyl groups excluding tert-OH is 5. The maximum Gasteiger partial charge on any atom is 0.139 e. The maximum atomic E-state index is 12.6. The molecule has 382 valence electrons. The number of benzene rings is 3. The molecule has 0 radical (unpaired) electrons. The first-order valence-corrected chi connectivity index (χ1v) is 26.1.